The smallest absolute Gasteiger partial charge is 0.408 e. The number of imidazole rings is 1. The van der Waals surface area contributed by atoms with Gasteiger partial charge < -0.3 is 55.2 Å². The van der Waals surface area contributed by atoms with Crippen LogP contribution in [0.3, 0.4) is 0 Å². The SMILES string of the molecule is CCCC(NC(=O)OC(C)(C)C)C(=O)NCCCOCCCNC(=O)CCC(=O)NCCCn1cc(C(=O)NC[C@H](NS(=O)(=O)c2c(C)cc(C)cc2C)C(=O)OC)c(=O)c2ccc(CNc3nccn3C)cc21. The molecule has 4 rings (SSSR count). The van der Waals surface area contributed by atoms with E-state index < -0.39 is 57.7 Å². The number of nitrogens with zero attached hydrogens (tertiary/aromatic N) is 3. The Morgan fingerprint density at radius 2 is 1.47 bits per heavy atom. The lowest BCUT2D eigenvalue weighted by molar-refractivity contribution is -0.142. The lowest BCUT2D eigenvalue weighted by Crippen LogP contribution is -2.49. The van der Waals surface area contributed by atoms with Crippen molar-refractivity contribution in [2.45, 2.75) is 129 Å². The molecule has 7 N–H and O–H groups in total. The summed E-state index contributed by atoms with van der Waals surface area (Å²) in [4.78, 5) is 94.9. The van der Waals surface area contributed by atoms with E-state index in [2.05, 4.69) is 41.6 Å². The average molecular weight is 1050 g/mol. The van der Waals surface area contributed by atoms with E-state index in [0.717, 1.165) is 18.2 Å². The zero-order chi connectivity index (χ0) is 54.6. The maximum Gasteiger partial charge on any atom is 0.408 e. The molecular weight excluding hydrogens is 977 g/mol. The van der Waals surface area contributed by atoms with Gasteiger partial charge in [0.1, 0.15) is 23.2 Å². The van der Waals surface area contributed by atoms with Gasteiger partial charge in [0, 0.05) is 96.3 Å². The monoisotopic (exact) mass is 1050 g/mol. The molecule has 74 heavy (non-hydrogen) atoms. The third-order valence-electron chi connectivity index (χ3n) is 11.4. The first-order valence-corrected chi connectivity index (χ1v) is 26.2. The molecule has 0 saturated carbocycles. The second kappa shape index (κ2) is 28.6. The van der Waals surface area contributed by atoms with Crippen molar-refractivity contribution in [3.05, 3.63) is 87.0 Å². The molecule has 406 valence electrons. The van der Waals surface area contributed by atoms with Crippen molar-refractivity contribution < 1.29 is 51.4 Å². The van der Waals surface area contributed by atoms with Gasteiger partial charge in [-0.05, 0) is 96.0 Å². The molecular formula is C51H74N10O12S. The van der Waals surface area contributed by atoms with Gasteiger partial charge in [-0.1, -0.05) is 37.1 Å². The number of nitrogens with one attached hydrogen (secondary N) is 7. The molecule has 0 spiro atoms. The summed E-state index contributed by atoms with van der Waals surface area (Å²) in [6.45, 7) is 14.0. The number of anilines is 1. The number of hydrogen-bond acceptors (Lipinski definition) is 14. The second-order valence-corrected chi connectivity index (χ2v) is 20.6. The zero-order valence-electron chi connectivity index (χ0n) is 44.0. The van der Waals surface area contributed by atoms with Gasteiger partial charge >= 0.3 is 12.1 Å². The van der Waals surface area contributed by atoms with Crippen molar-refractivity contribution in [3.8, 4) is 0 Å². The van der Waals surface area contributed by atoms with E-state index in [4.69, 9.17) is 14.2 Å². The third-order valence-corrected chi connectivity index (χ3v) is 13.2. The number of methoxy groups -OCH3 is 1. The summed E-state index contributed by atoms with van der Waals surface area (Å²) in [5, 5.41) is 17.1. The zero-order valence-corrected chi connectivity index (χ0v) is 44.8. The van der Waals surface area contributed by atoms with Crippen molar-refractivity contribution >= 4 is 62.6 Å². The van der Waals surface area contributed by atoms with E-state index >= 15 is 0 Å². The van der Waals surface area contributed by atoms with E-state index in [1.807, 2.05) is 31.5 Å². The number of sulfonamides is 1. The Morgan fingerprint density at radius 1 is 0.838 bits per heavy atom. The van der Waals surface area contributed by atoms with Crippen molar-refractivity contribution in [3.63, 3.8) is 0 Å². The number of ether oxygens (including phenoxy) is 3. The molecule has 5 amide bonds. The minimum Gasteiger partial charge on any atom is -0.468 e. The van der Waals surface area contributed by atoms with E-state index in [-0.39, 0.29) is 59.5 Å². The molecule has 0 aliphatic carbocycles. The summed E-state index contributed by atoms with van der Waals surface area (Å²) < 4.78 is 48.8. The highest BCUT2D eigenvalue weighted by Gasteiger charge is 2.30. The van der Waals surface area contributed by atoms with Gasteiger partial charge in [-0.15, -0.1) is 0 Å². The Hall–Kier alpha value is -6.85. The summed E-state index contributed by atoms with van der Waals surface area (Å²) >= 11 is 0. The first kappa shape index (κ1) is 59.7. The number of hydrogen-bond donors (Lipinski definition) is 7. The standard InChI is InChI=1S/C51H74N10O12S/c1-10-14-39(58-50(68)73-51(5,6)7)47(66)54-21-13-26-72-25-12-20-53-43(63)18-17-42(62)52-19-11-23-61-32-38(44(64)37-16-15-36(29-41(37)61)30-57-49-55-22-24-60(49)8)46(65)56-31-40(48(67)71-9)59-74(69,70)45-34(3)27-33(2)28-35(45)4/h15-16,22,24,27-29,32,39-40,59H,10-14,17-21,23,25-26,30-31H2,1-9H3,(H,52,62)(H,53,63)(H,54,66)(H,55,57)(H,56,65)(H,58,68)/t39?,40-/m0/s1. The number of amides is 5. The Bertz CT molecular complexity index is 2750. The summed E-state index contributed by atoms with van der Waals surface area (Å²) in [7, 11) is -1.33. The number of fused-ring (bicyclic) bond motifs is 1. The van der Waals surface area contributed by atoms with Crippen LogP contribution in [-0.2, 0) is 63.5 Å². The molecule has 0 fully saturated rings. The van der Waals surface area contributed by atoms with Crippen LogP contribution in [0.5, 0.6) is 0 Å². The Labute approximate surface area is 432 Å². The van der Waals surface area contributed by atoms with E-state index in [0.29, 0.717) is 87.5 Å². The number of carbonyl (C=O) groups excluding carboxylic acids is 6. The Kier molecular flexibility index (Phi) is 23.0. The highest BCUT2D eigenvalue weighted by molar-refractivity contribution is 7.89. The number of aromatic nitrogens is 3. The molecule has 0 aliphatic heterocycles. The minimum atomic E-state index is -4.27. The molecule has 2 aromatic carbocycles. The first-order chi connectivity index (χ1) is 35.0. The topological polar surface area (TPSA) is 288 Å². The first-order valence-electron chi connectivity index (χ1n) is 24.7. The largest absolute Gasteiger partial charge is 0.468 e. The molecule has 2 heterocycles. The maximum absolute atomic E-state index is 13.9. The lowest BCUT2D eigenvalue weighted by Gasteiger charge is -2.23. The minimum absolute atomic E-state index is 0.00423. The Morgan fingerprint density at radius 3 is 2.07 bits per heavy atom. The molecule has 0 saturated heterocycles. The number of alkyl carbamates (subject to hydrolysis) is 1. The van der Waals surface area contributed by atoms with Crippen molar-refractivity contribution in [1.82, 2.24) is 45.4 Å². The van der Waals surface area contributed by atoms with E-state index in [1.54, 1.807) is 75.8 Å². The molecule has 23 heteroatoms. The van der Waals surface area contributed by atoms with Crippen LogP contribution in [0, 0.1) is 20.8 Å². The maximum atomic E-state index is 13.9. The van der Waals surface area contributed by atoms with Gasteiger partial charge in [0.2, 0.25) is 39.1 Å². The number of pyridine rings is 1. The number of aryl methyl sites for hydroxylation is 5. The average Bonchev–Trinajstić information content (AvgIpc) is 3.75. The molecule has 0 bridgehead atoms. The molecule has 2 atom stereocenters. The predicted molar refractivity (Wildman–Crippen MR) is 279 cm³/mol. The van der Waals surface area contributed by atoms with Crippen LogP contribution in [0.2, 0.25) is 0 Å². The van der Waals surface area contributed by atoms with Gasteiger partial charge in [-0.2, -0.15) is 4.72 Å². The highest BCUT2D eigenvalue weighted by Crippen LogP contribution is 2.22. The normalized spacial score (nSPS) is 12.3. The summed E-state index contributed by atoms with van der Waals surface area (Å²) in [5.74, 6) is -2.11. The van der Waals surface area contributed by atoms with Crippen LogP contribution in [0.15, 0.2) is 58.6 Å². The predicted octanol–water partition coefficient (Wildman–Crippen LogP) is 3.53. The van der Waals surface area contributed by atoms with E-state index in [9.17, 15) is 42.0 Å². The van der Waals surface area contributed by atoms with Crippen molar-refractivity contribution in [2.24, 2.45) is 7.05 Å². The van der Waals surface area contributed by atoms with Gasteiger partial charge in [0.15, 0.2) is 0 Å². The third kappa shape index (κ3) is 18.9. The summed E-state index contributed by atoms with van der Waals surface area (Å²) in [6.07, 6.45) is 6.74. The molecule has 2 aromatic heterocycles. The molecule has 0 radical (unpaired) electrons. The van der Waals surface area contributed by atoms with Gasteiger partial charge in [0.05, 0.1) is 17.5 Å². The van der Waals surface area contributed by atoms with Crippen molar-refractivity contribution in [2.75, 3.05) is 51.8 Å². The number of rotatable bonds is 29. The van der Waals surface area contributed by atoms with Crippen LogP contribution in [0.4, 0.5) is 10.7 Å². The number of benzene rings is 2. The van der Waals surface area contributed by atoms with Crippen LogP contribution >= 0.6 is 0 Å². The van der Waals surface area contributed by atoms with E-state index in [1.165, 1.54) is 6.20 Å². The number of carbonyl (C=O) groups is 6. The molecule has 0 aliphatic rings. The van der Waals surface area contributed by atoms with Gasteiger partial charge in [0.25, 0.3) is 5.91 Å². The quantitative estimate of drug-likeness (QED) is 0.0303. The van der Waals surface area contributed by atoms with Crippen LogP contribution in [-0.4, -0.2) is 122 Å². The Balaban J connectivity index is 1.28. The van der Waals surface area contributed by atoms with Crippen LogP contribution in [0.25, 0.3) is 10.9 Å². The fourth-order valence-electron chi connectivity index (χ4n) is 7.95. The fourth-order valence-corrected chi connectivity index (χ4v) is 9.59. The molecule has 22 nitrogen and oxygen atoms in total. The highest BCUT2D eigenvalue weighted by atomic mass is 32.2. The molecule has 1 unspecified atom stereocenters. The molecule has 4 aromatic rings. The fraction of sp³-hybridized carbons (Fsp3) is 0.529. The van der Waals surface area contributed by atoms with Crippen molar-refractivity contribution in [1.29, 1.82) is 0 Å². The summed E-state index contributed by atoms with van der Waals surface area (Å²) in [5.41, 5.74) is 1.58. The number of esters is 1. The van der Waals surface area contributed by atoms with Crippen LogP contribution < -0.4 is 42.1 Å². The van der Waals surface area contributed by atoms with Gasteiger partial charge in [-0.25, -0.2) is 18.2 Å². The van der Waals surface area contributed by atoms with Crippen LogP contribution in [0.1, 0.15) is 105 Å². The van der Waals surface area contributed by atoms with Gasteiger partial charge in [-0.3, -0.25) is 28.8 Å². The second-order valence-electron chi connectivity index (χ2n) is 18.9. The summed E-state index contributed by atoms with van der Waals surface area (Å²) in [6, 6.07) is 6.35. The lowest BCUT2D eigenvalue weighted by atomic mass is 10.1.